The average molecular weight is 302 g/mol. The number of anilines is 2. The summed E-state index contributed by atoms with van der Waals surface area (Å²) < 4.78 is 37.6. The summed E-state index contributed by atoms with van der Waals surface area (Å²) in [6.45, 7) is -1.87. The van der Waals surface area contributed by atoms with Crippen molar-refractivity contribution in [2.24, 2.45) is 0 Å². The van der Waals surface area contributed by atoms with E-state index >= 15 is 0 Å². The fraction of sp³-hybridized carbons (Fsp3) is 0.385. The van der Waals surface area contributed by atoms with Crippen molar-refractivity contribution in [3.8, 4) is 0 Å². The lowest BCUT2D eigenvalue weighted by Gasteiger charge is -2.26. The Balaban J connectivity index is 2.36. The van der Waals surface area contributed by atoms with Gasteiger partial charge in [0, 0.05) is 19.3 Å². The van der Waals surface area contributed by atoms with Crippen molar-refractivity contribution < 1.29 is 27.9 Å². The highest BCUT2D eigenvalue weighted by atomic mass is 19.4. The van der Waals surface area contributed by atoms with Crippen molar-refractivity contribution in [1.29, 1.82) is 0 Å². The quantitative estimate of drug-likeness (QED) is 0.849. The van der Waals surface area contributed by atoms with Gasteiger partial charge in [0.2, 0.25) is 0 Å². The Hall–Kier alpha value is -2.09. The Bertz CT molecular complexity index is 587. The molecule has 1 heterocycles. The molecule has 1 aromatic carbocycles. The van der Waals surface area contributed by atoms with E-state index in [4.69, 9.17) is 5.11 Å². The molecule has 0 atom stereocenters. The molecule has 0 radical (unpaired) electrons. The number of amides is 1. The zero-order chi connectivity index (χ0) is 15.8. The minimum absolute atomic E-state index is 0.169. The maximum atomic E-state index is 12.5. The molecule has 1 amide bonds. The lowest BCUT2D eigenvalue weighted by Crippen LogP contribution is -2.36. The largest absolute Gasteiger partial charge is 0.405 e. The molecule has 0 bridgehead atoms. The number of nitrogens with zero attached hydrogens (tertiary/aromatic N) is 2. The van der Waals surface area contributed by atoms with Gasteiger partial charge < -0.3 is 14.9 Å². The second-order valence-corrected chi connectivity index (χ2v) is 4.66. The van der Waals surface area contributed by atoms with Crippen LogP contribution in [0.4, 0.5) is 24.5 Å². The lowest BCUT2D eigenvalue weighted by atomic mass is 10.1. The minimum Gasteiger partial charge on any atom is -0.395 e. The maximum absolute atomic E-state index is 12.5. The van der Waals surface area contributed by atoms with E-state index in [1.807, 2.05) is 0 Å². The maximum Gasteiger partial charge on any atom is 0.405 e. The van der Waals surface area contributed by atoms with Crippen molar-refractivity contribution in [3.63, 3.8) is 0 Å². The van der Waals surface area contributed by atoms with Crippen LogP contribution in [0.3, 0.4) is 0 Å². The van der Waals surface area contributed by atoms with Crippen molar-refractivity contribution in [2.75, 3.05) is 36.5 Å². The van der Waals surface area contributed by atoms with E-state index in [-0.39, 0.29) is 23.5 Å². The molecule has 0 unspecified atom stereocenters. The summed E-state index contributed by atoms with van der Waals surface area (Å²) in [4.78, 5) is 25.2. The van der Waals surface area contributed by atoms with Crippen molar-refractivity contribution in [2.45, 2.75) is 6.18 Å². The number of hydrogen-bond donors (Lipinski definition) is 1. The monoisotopic (exact) mass is 302 g/mol. The van der Waals surface area contributed by atoms with Crippen LogP contribution in [-0.4, -0.2) is 49.7 Å². The Labute approximate surface area is 118 Å². The highest BCUT2D eigenvalue weighted by Gasteiger charge is 2.35. The summed E-state index contributed by atoms with van der Waals surface area (Å²) in [6, 6.07) is 4.01. The Morgan fingerprint density at radius 3 is 2.52 bits per heavy atom. The third-order valence-corrected chi connectivity index (χ3v) is 3.19. The summed E-state index contributed by atoms with van der Waals surface area (Å²) >= 11 is 0. The second kappa shape index (κ2) is 5.36. The third-order valence-electron chi connectivity index (χ3n) is 3.19. The van der Waals surface area contributed by atoms with Crippen molar-refractivity contribution >= 4 is 23.1 Å². The van der Waals surface area contributed by atoms with Gasteiger partial charge >= 0.3 is 6.18 Å². The molecule has 0 fully saturated rings. The number of carbonyl (C=O) groups is 2. The van der Waals surface area contributed by atoms with Gasteiger partial charge in [0.25, 0.3) is 11.7 Å². The van der Waals surface area contributed by atoms with Gasteiger partial charge in [-0.2, -0.15) is 13.2 Å². The fourth-order valence-electron chi connectivity index (χ4n) is 2.20. The fourth-order valence-corrected chi connectivity index (χ4v) is 2.20. The summed E-state index contributed by atoms with van der Waals surface area (Å²) in [5.41, 5.74) is 0.629. The van der Waals surface area contributed by atoms with Gasteiger partial charge in [-0.05, 0) is 18.2 Å². The predicted octanol–water partition coefficient (Wildman–Crippen LogP) is 1.21. The molecule has 0 saturated carbocycles. The number of fused-ring (bicyclic) bond motifs is 1. The first-order chi connectivity index (χ1) is 9.74. The number of hydrogen-bond acceptors (Lipinski definition) is 4. The number of rotatable bonds is 4. The highest BCUT2D eigenvalue weighted by Crippen LogP contribution is 2.32. The van der Waals surface area contributed by atoms with Crippen molar-refractivity contribution in [1.82, 2.24) is 0 Å². The molecule has 0 spiro atoms. The van der Waals surface area contributed by atoms with Crippen LogP contribution >= 0.6 is 0 Å². The molecule has 1 aromatic rings. The summed E-state index contributed by atoms with van der Waals surface area (Å²) in [5, 5.41) is 8.90. The summed E-state index contributed by atoms with van der Waals surface area (Å²) in [6.07, 6.45) is -4.42. The third kappa shape index (κ3) is 2.99. The number of halogens is 3. The first-order valence-corrected chi connectivity index (χ1v) is 6.13. The second-order valence-electron chi connectivity index (χ2n) is 4.66. The number of aliphatic hydroxyl groups is 1. The Morgan fingerprint density at radius 2 is 1.95 bits per heavy atom. The number of carbonyl (C=O) groups excluding carboxylic acids is 2. The zero-order valence-electron chi connectivity index (χ0n) is 11.1. The van der Waals surface area contributed by atoms with Gasteiger partial charge in [0.15, 0.2) is 0 Å². The van der Waals surface area contributed by atoms with E-state index in [1.165, 1.54) is 25.2 Å². The SMILES string of the molecule is CN1C(=O)C(=O)c2ccc(N(CCO)CC(F)(F)F)cc21. The lowest BCUT2D eigenvalue weighted by molar-refractivity contribution is -0.120. The van der Waals surface area contributed by atoms with Gasteiger partial charge in [-0.15, -0.1) is 0 Å². The molecule has 0 aromatic heterocycles. The molecule has 1 aliphatic rings. The summed E-state index contributed by atoms with van der Waals surface area (Å²) in [5.74, 6) is -1.39. The van der Waals surface area contributed by atoms with E-state index < -0.39 is 31.0 Å². The topological polar surface area (TPSA) is 60.9 Å². The average Bonchev–Trinajstić information content (AvgIpc) is 2.62. The van der Waals surface area contributed by atoms with Crippen LogP contribution in [0.15, 0.2) is 18.2 Å². The Morgan fingerprint density at radius 1 is 1.29 bits per heavy atom. The van der Waals surface area contributed by atoms with Crippen LogP contribution in [0.25, 0.3) is 0 Å². The van der Waals surface area contributed by atoms with Crippen LogP contribution in [0, 0.1) is 0 Å². The summed E-state index contributed by atoms with van der Waals surface area (Å²) in [7, 11) is 1.38. The van der Waals surface area contributed by atoms with Gasteiger partial charge in [0.05, 0.1) is 17.9 Å². The van der Waals surface area contributed by atoms with Gasteiger partial charge in [-0.1, -0.05) is 0 Å². The number of alkyl halides is 3. The molecule has 2 rings (SSSR count). The number of benzene rings is 1. The first-order valence-electron chi connectivity index (χ1n) is 6.13. The standard InChI is InChI=1S/C13H13F3N2O3/c1-17-10-6-8(2-3-9(10)11(20)12(17)21)18(4-5-19)7-13(14,15)16/h2-3,6,19H,4-5,7H2,1H3. The molecule has 21 heavy (non-hydrogen) atoms. The minimum atomic E-state index is -4.42. The van der Waals surface area contributed by atoms with Crippen LogP contribution in [-0.2, 0) is 4.79 Å². The number of aliphatic hydroxyl groups excluding tert-OH is 1. The molecular formula is C13H13F3N2O3. The highest BCUT2D eigenvalue weighted by molar-refractivity contribution is 6.52. The molecule has 8 heteroatoms. The van der Waals surface area contributed by atoms with Gasteiger partial charge in [-0.3, -0.25) is 9.59 Å². The number of likely N-dealkylation sites (N-methyl/N-ethyl adjacent to an activating group) is 1. The molecule has 0 saturated heterocycles. The predicted molar refractivity (Wildman–Crippen MR) is 69.5 cm³/mol. The van der Waals surface area contributed by atoms with Crippen LogP contribution in [0.2, 0.25) is 0 Å². The van der Waals surface area contributed by atoms with Crippen molar-refractivity contribution in [3.05, 3.63) is 23.8 Å². The van der Waals surface area contributed by atoms with E-state index in [9.17, 15) is 22.8 Å². The molecular weight excluding hydrogens is 289 g/mol. The number of ketones is 1. The van der Waals surface area contributed by atoms with Crippen LogP contribution < -0.4 is 9.80 Å². The van der Waals surface area contributed by atoms with Crippen LogP contribution in [0.1, 0.15) is 10.4 Å². The normalized spacial score (nSPS) is 14.6. The van der Waals surface area contributed by atoms with E-state index in [1.54, 1.807) is 0 Å². The molecule has 114 valence electrons. The zero-order valence-corrected chi connectivity index (χ0v) is 11.1. The smallest absolute Gasteiger partial charge is 0.395 e. The molecule has 1 N–H and O–H groups in total. The Kier molecular flexibility index (Phi) is 3.91. The van der Waals surface area contributed by atoms with Gasteiger partial charge in [0.1, 0.15) is 6.54 Å². The van der Waals surface area contributed by atoms with Crippen LogP contribution in [0.5, 0.6) is 0 Å². The molecule has 5 nitrogen and oxygen atoms in total. The van der Waals surface area contributed by atoms with E-state index in [0.717, 1.165) is 9.80 Å². The number of Topliss-reactive ketones (excluding diaryl/α,β-unsaturated/α-hetero) is 1. The molecule has 0 aliphatic carbocycles. The van der Waals surface area contributed by atoms with Gasteiger partial charge in [-0.25, -0.2) is 0 Å². The first kappa shape index (κ1) is 15.3. The molecule has 1 aliphatic heterocycles. The van der Waals surface area contributed by atoms with E-state index in [0.29, 0.717) is 0 Å². The van der Waals surface area contributed by atoms with E-state index in [2.05, 4.69) is 0 Å².